The molecule has 15 heteroatoms. The fourth-order valence-corrected chi connectivity index (χ4v) is 3.10. The van der Waals surface area contributed by atoms with Gasteiger partial charge < -0.3 is 48.5 Å². The van der Waals surface area contributed by atoms with Crippen molar-refractivity contribution in [3.05, 3.63) is 35.9 Å². The van der Waals surface area contributed by atoms with E-state index in [-0.39, 0.29) is 25.3 Å². The Morgan fingerprint density at radius 2 is 1.43 bits per heavy atom. The zero-order chi connectivity index (χ0) is 28.0. The molecule has 204 valence electrons. The van der Waals surface area contributed by atoms with Crippen LogP contribution in [0.4, 0.5) is 0 Å². The number of aliphatic imine (C=N–C) groups is 1. The summed E-state index contributed by atoms with van der Waals surface area (Å²) >= 11 is 0. The monoisotopic (exact) mass is 523 g/mol. The number of aliphatic carboxylic acids is 2. The zero-order valence-electron chi connectivity index (χ0n) is 20.0. The molecule has 1 aromatic rings. The molecule has 15 nitrogen and oxygen atoms in total. The molecule has 0 aliphatic heterocycles. The van der Waals surface area contributed by atoms with Gasteiger partial charge in [0.2, 0.25) is 17.7 Å². The molecule has 1 rings (SSSR count). The summed E-state index contributed by atoms with van der Waals surface area (Å²) in [4.78, 5) is 64.4. The van der Waals surface area contributed by atoms with Crippen molar-refractivity contribution in [3.63, 3.8) is 0 Å². The lowest BCUT2D eigenvalue weighted by Crippen LogP contribution is -2.58. The molecule has 4 atom stereocenters. The second kappa shape index (κ2) is 15.7. The highest BCUT2D eigenvalue weighted by molar-refractivity contribution is 5.95. The van der Waals surface area contributed by atoms with Crippen LogP contribution >= 0.6 is 0 Å². The average molecular weight is 524 g/mol. The lowest BCUT2D eigenvalue weighted by atomic mass is 10.0. The van der Waals surface area contributed by atoms with Crippen molar-refractivity contribution >= 4 is 35.6 Å². The largest absolute Gasteiger partial charge is 0.481 e. The maximum atomic E-state index is 13.1. The Labute approximate surface area is 212 Å². The number of nitrogens with one attached hydrogen (secondary N) is 3. The van der Waals surface area contributed by atoms with Gasteiger partial charge in [0, 0.05) is 13.0 Å². The molecule has 0 spiro atoms. The minimum atomic E-state index is -1.71. The maximum Gasteiger partial charge on any atom is 0.328 e. The molecule has 0 saturated carbocycles. The molecule has 0 unspecified atom stereocenters. The Hall–Kier alpha value is -4.24. The normalized spacial score (nSPS) is 13.8. The van der Waals surface area contributed by atoms with Gasteiger partial charge in [-0.25, -0.2) is 4.79 Å². The summed E-state index contributed by atoms with van der Waals surface area (Å²) in [5, 5.41) is 34.0. The molecule has 0 bridgehead atoms. The number of aliphatic hydroxyl groups excluding tert-OH is 1. The molecular formula is C22H33N7O8. The van der Waals surface area contributed by atoms with Crippen molar-refractivity contribution < 1.29 is 39.3 Å². The number of benzene rings is 1. The van der Waals surface area contributed by atoms with Crippen molar-refractivity contribution in [2.75, 3.05) is 13.2 Å². The number of aliphatic hydroxyl groups is 1. The zero-order valence-corrected chi connectivity index (χ0v) is 20.0. The third-order valence-corrected chi connectivity index (χ3v) is 5.03. The van der Waals surface area contributed by atoms with Crippen LogP contribution in [0.15, 0.2) is 35.3 Å². The van der Waals surface area contributed by atoms with E-state index in [0.29, 0.717) is 12.0 Å². The molecule has 0 fully saturated rings. The van der Waals surface area contributed by atoms with Gasteiger partial charge in [-0.2, -0.15) is 0 Å². The second-order valence-corrected chi connectivity index (χ2v) is 8.05. The topological polar surface area (TPSA) is 273 Å². The summed E-state index contributed by atoms with van der Waals surface area (Å²) in [6.45, 7) is -0.711. The standard InChI is InChI=1S/C22H33N7O8/c23-13(7-4-8-26-22(24)25)18(33)27-14(9-12-5-2-1-3-6-12)19(34)28-15(10-17(31)32)20(35)29-16(11-30)21(36)37/h1-3,5-6,13-16,30H,4,7-11,23H2,(H,27,33)(H,28,34)(H,29,35)(H,31,32)(H,36,37)(H4,24,25,26)/t13-,14+,15-,16-/m0/s1. The van der Waals surface area contributed by atoms with Crippen molar-refractivity contribution in [3.8, 4) is 0 Å². The molecule has 0 aromatic heterocycles. The number of carbonyl (C=O) groups is 5. The molecule has 0 aliphatic rings. The van der Waals surface area contributed by atoms with Crippen LogP contribution in [0.3, 0.4) is 0 Å². The van der Waals surface area contributed by atoms with Gasteiger partial charge in [0.25, 0.3) is 0 Å². The van der Waals surface area contributed by atoms with Gasteiger partial charge in [-0.05, 0) is 18.4 Å². The van der Waals surface area contributed by atoms with Gasteiger partial charge in [0.1, 0.15) is 18.1 Å². The van der Waals surface area contributed by atoms with E-state index >= 15 is 0 Å². The lowest BCUT2D eigenvalue weighted by Gasteiger charge is -2.24. The highest BCUT2D eigenvalue weighted by atomic mass is 16.4. The minimum Gasteiger partial charge on any atom is -0.481 e. The number of hydrogen-bond acceptors (Lipinski definition) is 8. The van der Waals surface area contributed by atoms with Crippen LogP contribution in [0.5, 0.6) is 0 Å². The maximum absolute atomic E-state index is 13.1. The molecule has 1 aromatic carbocycles. The number of carboxylic acid groups (broad SMARTS) is 2. The summed E-state index contributed by atoms with van der Waals surface area (Å²) < 4.78 is 0. The van der Waals surface area contributed by atoms with Gasteiger partial charge >= 0.3 is 11.9 Å². The molecule has 0 heterocycles. The van der Waals surface area contributed by atoms with E-state index < -0.39 is 66.9 Å². The second-order valence-electron chi connectivity index (χ2n) is 8.05. The number of nitrogens with zero attached hydrogens (tertiary/aromatic N) is 1. The van der Waals surface area contributed by atoms with E-state index in [4.69, 9.17) is 32.5 Å². The van der Waals surface area contributed by atoms with E-state index in [1.54, 1.807) is 30.3 Å². The Balaban J connectivity index is 3.02. The van der Waals surface area contributed by atoms with Crippen molar-refractivity contribution in [1.29, 1.82) is 0 Å². The number of amides is 3. The molecular weight excluding hydrogens is 490 g/mol. The number of carboxylic acids is 2. The smallest absolute Gasteiger partial charge is 0.328 e. The summed E-state index contributed by atoms with van der Waals surface area (Å²) in [6.07, 6.45) is -0.316. The number of rotatable bonds is 16. The van der Waals surface area contributed by atoms with Gasteiger partial charge in [0.15, 0.2) is 5.96 Å². The molecule has 37 heavy (non-hydrogen) atoms. The van der Waals surface area contributed by atoms with Crippen molar-refractivity contribution in [1.82, 2.24) is 16.0 Å². The Morgan fingerprint density at radius 3 is 1.97 bits per heavy atom. The van der Waals surface area contributed by atoms with Crippen molar-refractivity contribution in [2.24, 2.45) is 22.2 Å². The summed E-state index contributed by atoms with van der Waals surface area (Å²) in [5.41, 5.74) is 17.1. The van der Waals surface area contributed by atoms with E-state index in [2.05, 4.69) is 15.6 Å². The van der Waals surface area contributed by atoms with E-state index in [9.17, 15) is 24.0 Å². The third kappa shape index (κ3) is 11.8. The summed E-state index contributed by atoms with van der Waals surface area (Å²) in [5.74, 6) is -5.83. The Bertz CT molecular complexity index is 969. The predicted molar refractivity (Wildman–Crippen MR) is 131 cm³/mol. The fourth-order valence-electron chi connectivity index (χ4n) is 3.10. The quantitative estimate of drug-likeness (QED) is 0.0585. The summed E-state index contributed by atoms with van der Waals surface area (Å²) in [7, 11) is 0. The van der Waals surface area contributed by atoms with Gasteiger partial charge in [-0.3, -0.25) is 24.2 Å². The van der Waals surface area contributed by atoms with Crippen LogP contribution < -0.4 is 33.2 Å². The first-order valence-electron chi connectivity index (χ1n) is 11.3. The van der Waals surface area contributed by atoms with Gasteiger partial charge in [-0.1, -0.05) is 30.3 Å². The molecule has 3 amide bonds. The highest BCUT2D eigenvalue weighted by Crippen LogP contribution is 2.06. The van der Waals surface area contributed by atoms with Crippen LogP contribution in [0.1, 0.15) is 24.8 Å². The van der Waals surface area contributed by atoms with Crippen LogP contribution in [-0.4, -0.2) is 88.3 Å². The first-order valence-corrected chi connectivity index (χ1v) is 11.3. The van der Waals surface area contributed by atoms with E-state index in [1.165, 1.54) is 0 Å². The molecule has 0 radical (unpaired) electrons. The van der Waals surface area contributed by atoms with Crippen LogP contribution in [-0.2, 0) is 30.4 Å². The van der Waals surface area contributed by atoms with Crippen LogP contribution in [0, 0.1) is 0 Å². The van der Waals surface area contributed by atoms with Gasteiger partial charge in [-0.15, -0.1) is 0 Å². The van der Waals surface area contributed by atoms with Crippen LogP contribution in [0.25, 0.3) is 0 Å². The minimum absolute atomic E-state index is 0.0189. The SMILES string of the molecule is NC(N)=NCCC[C@H](N)C(=O)N[C@H](Cc1ccccc1)C(=O)N[C@@H](CC(=O)O)C(=O)N[C@@H](CO)C(=O)O. The molecule has 12 N–H and O–H groups in total. The Kier molecular flexibility index (Phi) is 13.1. The Morgan fingerprint density at radius 1 is 0.865 bits per heavy atom. The molecule has 0 aliphatic carbocycles. The van der Waals surface area contributed by atoms with E-state index in [1.807, 2.05) is 5.32 Å². The number of hydrogen-bond donors (Lipinski definition) is 9. The predicted octanol–water partition coefficient (Wildman–Crippen LogP) is -3.38. The van der Waals surface area contributed by atoms with Gasteiger partial charge in [0.05, 0.1) is 19.1 Å². The van der Waals surface area contributed by atoms with E-state index in [0.717, 1.165) is 0 Å². The first-order chi connectivity index (χ1) is 17.4. The highest BCUT2D eigenvalue weighted by Gasteiger charge is 2.31. The number of guanidine groups is 1. The van der Waals surface area contributed by atoms with Crippen LogP contribution in [0.2, 0.25) is 0 Å². The lowest BCUT2D eigenvalue weighted by molar-refractivity contribution is -0.144. The summed E-state index contributed by atoms with van der Waals surface area (Å²) in [6, 6.07) is 2.89. The average Bonchev–Trinajstić information content (AvgIpc) is 2.83. The third-order valence-electron chi connectivity index (χ3n) is 5.03. The number of nitrogens with two attached hydrogens (primary N) is 3. The first kappa shape index (κ1) is 30.8. The number of carbonyl (C=O) groups excluding carboxylic acids is 3. The fraction of sp³-hybridized carbons (Fsp3) is 0.455. The van der Waals surface area contributed by atoms with Crippen molar-refractivity contribution in [2.45, 2.75) is 49.9 Å². The molecule has 0 saturated heterocycles.